The molecule has 5 amide bonds. The molecule has 1 saturated heterocycles. The summed E-state index contributed by atoms with van der Waals surface area (Å²) in [6.07, 6.45) is 7.17. The van der Waals surface area contributed by atoms with Crippen molar-refractivity contribution in [3.63, 3.8) is 0 Å². The van der Waals surface area contributed by atoms with E-state index in [-0.39, 0.29) is 24.4 Å². The fourth-order valence-corrected chi connectivity index (χ4v) is 4.83. The number of nitrogens with one attached hydrogen (secondary N) is 4. The fourth-order valence-electron chi connectivity index (χ4n) is 4.83. The summed E-state index contributed by atoms with van der Waals surface area (Å²) < 4.78 is 0. The number of hydrogen-bond donors (Lipinski definition) is 4. The van der Waals surface area contributed by atoms with Crippen LogP contribution < -0.4 is 21.3 Å². The molecule has 1 aliphatic carbocycles. The molecule has 1 heterocycles. The third kappa shape index (κ3) is 8.07. The van der Waals surface area contributed by atoms with Crippen LogP contribution in [0, 0.1) is 5.92 Å². The summed E-state index contributed by atoms with van der Waals surface area (Å²) in [4.78, 5) is 65.5. The normalized spacial score (nSPS) is 19.7. The standard InChI is InChI=1S/C25H41N5O5/c1-5-10-18(21(31)23(33)26-14-6-2)28-22(32)19-13-9-15-30(19)24(34)20(17-11-7-8-12-17)29-25(35)27-16(3)4/h6,16-20H,2,5,7-15H2,1,3-4H3,(H,26,33)(H,28,32)(H2,27,29,35)/t18?,19-,20-/m0/s1. The molecule has 0 aromatic carbocycles. The minimum absolute atomic E-state index is 0.0210. The maximum absolute atomic E-state index is 13.6. The van der Waals surface area contributed by atoms with Crippen molar-refractivity contribution in [3.05, 3.63) is 12.7 Å². The predicted octanol–water partition coefficient (Wildman–Crippen LogP) is 1.40. The minimum atomic E-state index is -0.963. The Kier molecular flexibility index (Phi) is 11.2. The van der Waals surface area contributed by atoms with E-state index in [4.69, 9.17) is 0 Å². The second-order valence-electron chi connectivity index (χ2n) is 9.70. The number of Topliss-reactive ketones (excluding diaryl/α,β-unsaturated/α-hetero) is 1. The second kappa shape index (κ2) is 13.8. The topological polar surface area (TPSA) is 137 Å². The summed E-state index contributed by atoms with van der Waals surface area (Å²) >= 11 is 0. The maximum Gasteiger partial charge on any atom is 0.315 e. The van der Waals surface area contributed by atoms with Crippen molar-refractivity contribution in [3.8, 4) is 0 Å². The Bertz CT molecular complexity index is 793. The molecule has 0 bridgehead atoms. The molecule has 0 radical (unpaired) electrons. The van der Waals surface area contributed by atoms with Crippen molar-refractivity contribution in [2.75, 3.05) is 13.1 Å². The van der Waals surface area contributed by atoms with Crippen LogP contribution in [0.15, 0.2) is 12.7 Å². The third-order valence-electron chi connectivity index (χ3n) is 6.52. The van der Waals surface area contributed by atoms with Gasteiger partial charge in [-0.15, -0.1) is 6.58 Å². The Hall–Kier alpha value is -2.91. The van der Waals surface area contributed by atoms with Gasteiger partial charge in [-0.25, -0.2) is 4.79 Å². The van der Waals surface area contributed by atoms with E-state index in [0.29, 0.717) is 32.2 Å². The number of ketones is 1. The Morgan fingerprint density at radius 2 is 1.69 bits per heavy atom. The SMILES string of the molecule is C=CCNC(=O)C(=O)C(CCC)NC(=O)[C@@H]1CCCN1C(=O)[C@@H](NC(=O)NC(C)C)C1CCCC1. The summed E-state index contributed by atoms with van der Waals surface area (Å²) in [7, 11) is 0. The molecule has 1 aliphatic heterocycles. The van der Waals surface area contributed by atoms with E-state index in [1.165, 1.54) is 11.0 Å². The first-order chi connectivity index (χ1) is 16.7. The van der Waals surface area contributed by atoms with E-state index >= 15 is 0 Å². The van der Waals surface area contributed by atoms with E-state index in [1.54, 1.807) is 0 Å². The van der Waals surface area contributed by atoms with Crippen LogP contribution in [0.2, 0.25) is 0 Å². The Balaban J connectivity index is 2.13. The summed E-state index contributed by atoms with van der Waals surface area (Å²) in [5.74, 6) is -2.18. The number of rotatable bonds is 12. The van der Waals surface area contributed by atoms with Gasteiger partial charge in [-0.2, -0.15) is 0 Å². The van der Waals surface area contributed by atoms with Crippen LogP contribution >= 0.6 is 0 Å². The quantitative estimate of drug-likeness (QED) is 0.242. The van der Waals surface area contributed by atoms with Gasteiger partial charge in [0.25, 0.3) is 5.91 Å². The van der Waals surface area contributed by atoms with Gasteiger partial charge in [-0.1, -0.05) is 32.3 Å². The molecule has 2 aliphatic rings. The first-order valence-corrected chi connectivity index (χ1v) is 12.8. The average Bonchev–Trinajstić information content (AvgIpc) is 3.51. The Morgan fingerprint density at radius 1 is 1.00 bits per heavy atom. The van der Waals surface area contributed by atoms with Crippen molar-refractivity contribution in [1.82, 2.24) is 26.2 Å². The molecular formula is C25H41N5O5. The molecule has 10 heteroatoms. The number of carbonyl (C=O) groups excluding carboxylic acids is 5. The van der Waals surface area contributed by atoms with Crippen LogP contribution in [0.5, 0.6) is 0 Å². The highest BCUT2D eigenvalue weighted by molar-refractivity contribution is 6.38. The van der Waals surface area contributed by atoms with Crippen LogP contribution in [0.25, 0.3) is 0 Å². The highest BCUT2D eigenvalue weighted by Crippen LogP contribution is 2.30. The van der Waals surface area contributed by atoms with Gasteiger partial charge in [0.2, 0.25) is 17.6 Å². The Morgan fingerprint density at radius 3 is 2.29 bits per heavy atom. The lowest BCUT2D eigenvalue weighted by Crippen LogP contribution is -2.58. The number of carbonyl (C=O) groups is 5. The van der Waals surface area contributed by atoms with E-state index in [1.807, 2.05) is 20.8 Å². The number of amides is 5. The van der Waals surface area contributed by atoms with Crippen LogP contribution in [0.1, 0.15) is 72.1 Å². The highest BCUT2D eigenvalue weighted by Gasteiger charge is 2.42. The maximum atomic E-state index is 13.6. The smallest absolute Gasteiger partial charge is 0.315 e. The van der Waals surface area contributed by atoms with Crippen LogP contribution in [0.4, 0.5) is 4.79 Å². The van der Waals surface area contributed by atoms with Crippen LogP contribution in [0.3, 0.4) is 0 Å². The summed E-state index contributed by atoms with van der Waals surface area (Å²) in [6.45, 7) is 9.62. The van der Waals surface area contributed by atoms with Gasteiger partial charge in [0, 0.05) is 19.1 Å². The molecule has 0 spiro atoms. The lowest BCUT2D eigenvalue weighted by Gasteiger charge is -2.32. The monoisotopic (exact) mass is 491 g/mol. The van der Waals surface area contributed by atoms with Crippen molar-refractivity contribution in [2.24, 2.45) is 5.92 Å². The molecule has 0 aromatic heterocycles. The molecular weight excluding hydrogens is 450 g/mol. The van der Waals surface area contributed by atoms with E-state index < -0.39 is 41.8 Å². The number of likely N-dealkylation sites (tertiary alicyclic amines) is 1. The van der Waals surface area contributed by atoms with Crippen LogP contribution in [-0.4, -0.2) is 71.7 Å². The average molecular weight is 492 g/mol. The van der Waals surface area contributed by atoms with Crippen LogP contribution in [-0.2, 0) is 19.2 Å². The van der Waals surface area contributed by atoms with Gasteiger partial charge < -0.3 is 26.2 Å². The third-order valence-corrected chi connectivity index (χ3v) is 6.52. The van der Waals surface area contributed by atoms with E-state index in [2.05, 4.69) is 27.8 Å². The summed E-state index contributed by atoms with van der Waals surface area (Å²) in [6, 6.07) is -2.89. The molecule has 4 N–H and O–H groups in total. The summed E-state index contributed by atoms with van der Waals surface area (Å²) in [5.41, 5.74) is 0. The van der Waals surface area contributed by atoms with Gasteiger partial charge >= 0.3 is 6.03 Å². The zero-order chi connectivity index (χ0) is 26.0. The zero-order valence-corrected chi connectivity index (χ0v) is 21.2. The lowest BCUT2D eigenvalue weighted by atomic mass is 9.96. The van der Waals surface area contributed by atoms with Gasteiger partial charge in [0.1, 0.15) is 12.1 Å². The minimum Gasteiger partial charge on any atom is -0.346 e. The molecule has 10 nitrogen and oxygen atoms in total. The first-order valence-electron chi connectivity index (χ1n) is 12.8. The molecule has 1 saturated carbocycles. The van der Waals surface area contributed by atoms with Crippen molar-refractivity contribution >= 4 is 29.5 Å². The number of nitrogens with zero attached hydrogens (tertiary/aromatic N) is 1. The lowest BCUT2D eigenvalue weighted by molar-refractivity contribution is -0.143. The molecule has 2 fully saturated rings. The molecule has 1 unspecified atom stereocenters. The van der Waals surface area contributed by atoms with Gasteiger partial charge in [0.15, 0.2) is 0 Å². The molecule has 35 heavy (non-hydrogen) atoms. The van der Waals surface area contributed by atoms with Crippen molar-refractivity contribution in [2.45, 2.75) is 96.3 Å². The molecule has 3 atom stereocenters. The number of hydrogen-bond acceptors (Lipinski definition) is 5. The second-order valence-corrected chi connectivity index (χ2v) is 9.70. The highest BCUT2D eigenvalue weighted by atomic mass is 16.2. The van der Waals surface area contributed by atoms with Gasteiger partial charge in [-0.3, -0.25) is 19.2 Å². The van der Waals surface area contributed by atoms with Crippen molar-refractivity contribution in [1.29, 1.82) is 0 Å². The van der Waals surface area contributed by atoms with Crippen molar-refractivity contribution < 1.29 is 24.0 Å². The molecule has 196 valence electrons. The van der Waals surface area contributed by atoms with Gasteiger partial charge in [0.05, 0.1) is 6.04 Å². The fraction of sp³-hybridized carbons (Fsp3) is 0.720. The Labute approximate surface area is 208 Å². The predicted molar refractivity (Wildman–Crippen MR) is 132 cm³/mol. The van der Waals surface area contributed by atoms with E-state index in [0.717, 1.165) is 25.7 Å². The zero-order valence-electron chi connectivity index (χ0n) is 21.2. The molecule has 0 aromatic rings. The summed E-state index contributed by atoms with van der Waals surface area (Å²) in [5, 5.41) is 10.8. The molecule has 2 rings (SSSR count). The largest absolute Gasteiger partial charge is 0.346 e. The van der Waals surface area contributed by atoms with E-state index in [9.17, 15) is 24.0 Å². The number of urea groups is 1. The van der Waals surface area contributed by atoms with Gasteiger partial charge in [-0.05, 0) is 51.9 Å². The first kappa shape index (κ1) is 28.3.